The van der Waals surface area contributed by atoms with Crippen molar-refractivity contribution in [2.24, 2.45) is 5.92 Å². The van der Waals surface area contributed by atoms with Crippen LogP contribution in [0.3, 0.4) is 0 Å². The lowest BCUT2D eigenvalue weighted by molar-refractivity contribution is -0.384. The zero-order chi connectivity index (χ0) is 19.9. The first-order valence-corrected chi connectivity index (χ1v) is 10.0. The molecule has 1 heterocycles. The number of hydrogen-bond donors (Lipinski definition) is 2. The van der Waals surface area contributed by atoms with E-state index in [1.54, 1.807) is 19.2 Å². The minimum Gasteiger partial charge on any atom is -0.383 e. The van der Waals surface area contributed by atoms with Crippen molar-refractivity contribution in [2.45, 2.75) is 39.4 Å². The Kier molecular flexibility index (Phi) is 7.01. The first-order chi connectivity index (χ1) is 13.5. The van der Waals surface area contributed by atoms with Gasteiger partial charge in [0.25, 0.3) is 5.69 Å². The average Bonchev–Trinajstić information content (AvgIpc) is 2.71. The Morgan fingerprint density at radius 2 is 1.64 bits per heavy atom. The lowest BCUT2D eigenvalue weighted by atomic mass is 9.99. The Morgan fingerprint density at radius 1 is 1.04 bits per heavy atom. The van der Waals surface area contributed by atoms with E-state index in [9.17, 15) is 10.1 Å². The summed E-state index contributed by atoms with van der Waals surface area (Å²) in [7, 11) is 1.69. The Labute approximate surface area is 167 Å². The molecule has 2 N–H and O–H groups in total. The fraction of sp³-hybridized carbons (Fsp3) is 0.455. The fourth-order valence-corrected chi connectivity index (χ4v) is 3.64. The second-order valence-electron chi connectivity index (χ2n) is 7.74. The molecule has 0 radical (unpaired) electrons. The van der Waals surface area contributed by atoms with Crippen molar-refractivity contribution >= 4 is 11.4 Å². The summed E-state index contributed by atoms with van der Waals surface area (Å²) >= 11 is 0. The van der Waals surface area contributed by atoms with Crippen LogP contribution in [0.1, 0.15) is 36.5 Å². The molecule has 150 valence electrons. The van der Waals surface area contributed by atoms with Crippen LogP contribution >= 0.6 is 0 Å². The van der Waals surface area contributed by atoms with Crippen LogP contribution in [-0.4, -0.2) is 30.0 Å². The fourth-order valence-electron chi connectivity index (χ4n) is 3.64. The van der Waals surface area contributed by atoms with E-state index >= 15 is 0 Å². The van der Waals surface area contributed by atoms with Gasteiger partial charge >= 0.3 is 0 Å². The average molecular weight is 383 g/mol. The summed E-state index contributed by atoms with van der Waals surface area (Å²) in [5, 5.41) is 17.4. The number of anilines is 1. The molecule has 0 saturated carbocycles. The van der Waals surface area contributed by atoms with Crippen LogP contribution in [0.25, 0.3) is 0 Å². The molecule has 1 saturated heterocycles. The second-order valence-corrected chi connectivity index (χ2v) is 7.74. The predicted octanol–water partition coefficient (Wildman–Crippen LogP) is 4.16. The van der Waals surface area contributed by atoms with E-state index in [2.05, 4.69) is 46.7 Å². The number of hydrogen-bond acceptors (Lipinski definition) is 5. The molecule has 2 aromatic rings. The van der Waals surface area contributed by atoms with Crippen molar-refractivity contribution < 1.29 is 4.92 Å². The number of likely N-dealkylation sites (tertiary alicyclic amines) is 1. The standard InChI is InChI=1S/C22H30N4O2/c1-17-9-11-25(12-10-17)16-19-5-3-18(4-6-19)14-24-15-20-7-8-21(23-2)22(13-20)26(27)28/h3-8,13,17,23-24H,9-12,14-16H2,1-2H3. The number of nitrogens with one attached hydrogen (secondary N) is 2. The number of benzene rings is 2. The Balaban J connectivity index is 1.49. The smallest absolute Gasteiger partial charge is 0.292 e. The molecular weight excluding hydrogens is 352 g/mol. The number of nitro groups is 1. The first kappa shape index (κ1) is 20.3. The Hall–Kier alpha value is -2.44. The number of nitrogens with zero attached hydrogens (tertiary/aromatic N) is 2. The topological polar surface area (TPSA) is 70.4 Å². The highest BCUT2D eigenvalue weighted by Gasteiger charge is 2.15. The van der Waals surface area contributed by atoms with Gasteiger partial charge in [-0.25, -0.2) is 0 Å². The van der Waals surface area contributed by atoms with Gasteiger partial charge in [0.15, 0.2) is 0 Å². The number of rotatable bonds is 8. The van der Waals surface area contributed by atoms with Crippen molar-refractivity contribution in [3.63, 3.8) is 0 Å². The van der Waals surface area contributed by atoms with E-state index in [1.165, 1.54) is 37.1 Å². The van der Waals surface area contributed by atoms with E-state index < -0.39 is 0 Å². The maximum absolute atomic E-state index is 11.2. The van der Waals surface area contributed by atoms with Crippen LogP contribution in [0.4, 0.5) is 11.4 Å². The summed E-state index contributed by atoms with van der Waals surface area (Å²) in [6.45, 7) is 7.10. The largest absolute Gasteiger partial charge is 0.383 e. The quantitative estimate of drug-likeness (QED) is 0.530. The van der Waals surface area contributed by atoms with Crippen LogP contribution in [0.5, 0.6) is 0 Å². The lowest BCUT2D eigenvalue weighted by Crippen LogP contribution is -2.32. The molecule has 1 aliphatic heterocycles. The number of piperidine rings is 1. The molecule has 0 atom stereocenters. The van der Waals surface area contributed by atoms with Gasteiger partial charge in [-0.3, -0.25) is 15.0 Å². The summed E-state index contributed by atoms with van der Waals surface area (Å²) in [5.41, 5.74) is 4.13. The summed E-state index contributed by atoms with van der Waals surface area (Å²) in [6.07, 6.45) is 2.60. The highest BCUT2D eigenvalue weighted by molar-refractivity contribution is 5.62. The minimum absolute atomic E-state index is 0.109. The summed E-state index contributed by atoms with van der Waals surface area (Å²) in [5.74, 6) is 0.862. The molecule has 3 rings (SSSR count). The predicted molar refractivity (Wildman–Crippen MR) is 113 cm³/mol. The van der Waals surface area contributed by atoms with Crippen LogP contribution in [-0.2, 0) is 19.6 Å². The monoisotopic (exact) mass is 382 g/mol. The van der Waals surface area contributed by atoms with Gasteiger partial charge in [0.05, 0.1) is 4.92 Å². The third-order valence-corrected chi connectivity index (χ3v) is 5.49. The zero-order valence-electron chi connectivity index (χ0n) is 16.8. The maximum Gasteiger partial charge on any atom is 0.292 e. The Morgan fingerprint density at radius 3 is 2.29 bits per heavy atom. The van der Waals surface area contributed by atoms with Crippen LogP contribution in [0.2, 0.25) is 0 Å². The highest BCUT2D eigenvalue weighted by Crippen LogP contribution is 2.25. The molecule has 0 bridgehead atoms. The van der Waals surface area contributed by atoms with Crippen molar-refractivity contribution in [3.05, 3.63) is 69.3 Å². The Bertz CT molecular complexity index is 784. The lowest BCUT2D eigenvalue weighted by Gasteiger charge is -2.30. The molecule has 0 aliphatic carbocycles. The molecule has 0 spiro atoms. The molecule has 2 aromatic carbocycles. The van der Waals surface area contributed by atoms with Gasteiger partial charge < -0.3 is 10.6 Å². The van der Waals surface area contributed by atoms with Crippen molar-refractivity contribution in [1.29, 1.82) is 0 Å². The van der Waals surface area contributed by atoms with E-state index in [0.29, 0.717) is 12.2 Å². The minimum atomic E-state index is -0.350. The number of nitro benzene ring substituents is 1. The van der Waals surface area contributed by atoms with Gasteiger partial charge in [-0.1, -0.05) is 37.3 Å². The molecule has 0 unspecified atom stereocenters. The molecular formula is C22H30N4O2. The van der Waals surface area contributed by atoms with Crippen molar-refractivity contribution in [2.75, 3.05) is 25.5 Å². The third kappa shape index (κ3) is 5.53. The van der Waals surface area contributed by atoms with Gasteiger partial charge in [0.2, 0.25) is 0 Å². The normalized spacial score (nSPS) is 15.5. The summed E-state index contributed by atoms with van der Waals surface area (Å²) < 4.78 is 0. The third-order valence-electron chi connectivity index (χ3n) is 5.49. The van der Waals surface area contributed by atoms with Gasteiger partial charge in [0, 0.05) is 32.7 Å². The maximum atomic E-state index is 11.2. The SMILES string of the molecule is CNc1ccc(CNCc2ccc(CN3CCC(C)CC3)cc2)cc1[N+](=O)[O-]. The second kappa shape index (κ2) is 9.66. The van der Waals surface area contributed by atoms with Gasteiger partial charge in [0.1, 0.15) is 5.69 Å². The van der Waals surface area contributed by atoms with Crippen molar-refractivity contribution in [1.82, 2.24) is 10.2 Å². The van der Waals surface area contributed by atoms with E-state index in [0.717, 1.165) is 24.6 Å². The molecule has 6 heteroatoms. The zero-order valence-corrected chi connectivity index (χ0v) is 16.8. The molecule has 28 heavy (non-hydrogen) atoms. The van der Waals surface area contributed by atoms with Crippen molar-refractivity contribution in [3.8, 4) is 0 Å². The van der Waals surface area contributed by atoms with Gasteiger partial charge in [-0.05, 0) is 54.6 Å². The molecule has 0 aromatic heterocycles. The first-order valence-electron chi connectivity index (χ1n) is 10.0. The van der Waals surface area contributed by atoms with Gasteiger partial charge in [-0.2, -0.15) is 0 Å². The van der Waals surface area contributed by atoms with E-state index in [1.807, 2.05) is 6.07 Å². The van der Waals surface area contributed by atoms with E-state index in [-0.39, 0.29) is 10.6 Å². The summed E-state index contributed by atoms with van der Waals surface area (Å²) in [6, 6.07) is 14.0. The highest BCUT2D eigenvalue weighted by atomic mass is 16.6. The molecule has 0 amide bonds. The molecule has 1 aliphatic rings. The van der Waals surface area contributed by atoms with Gasteiger partial charge in [-0.15, -0.1) is 0 Å². The van der Waals surface area contributed by atoms with Crippen LogP contribution < -0.4 is 10.6 Å². The van der Waals surface area contributed by atoms with Crippen LogP contribution in [0.15, 0.2) is 42.5 Å². The summed E-state index contributed by atoms with van der Waals surface area (Å²) in [4.78, 5) is 13.3. The molecule has 1 fully saturated rings. The van der Waals surface area contributed by atoms with Crippen LogP contribution in [0, 0.1) is 16.0 Å². The molecule has 6 nitrogen and oxygen atoms in total. The van der Waals surface area contributed by atoms with E-state index in [4.69, 9.17) is 0 Å².